The summed E-state index contributed by atoms with van der Waals surface area (Å²) in [6.07, 6.45) is 0.579. The first-order valence-corrected chi connectivity index (χ1v) is 8.48. The van der Waals surface area contributed by atoms with E-state index in [-0.39, 0.29) is 23.8 Å². The molecule has 0 bridgehead atoms. The molecule has 0 saturated heterocycles. The summed E-state index contributed by atoms with van der Waals surface area (Å²) in [6, 6.07) is 8.65. The SMILES string of the molecule is Cc1[nH]c(=O)c(C#N)c(C)c1CCC(=O)Nc1cccc(C(=O)N(C)C)c1. The van der Waals surface area contributed by atoms with Gasteiger partial charge in [0.05, 0.1) is 0 Å². The Labute approximate surface area is 157 Å². The number of H-pyrrole nitrogens is 1. The normalized spacial score (nSPS) is 10.2. The molecule has 0 aliphatic carbocycles. The zero-order chi connectivity index (χ0) is 20.1. The number of aromatic amines is 1. The van der Waals surface area contributed by atoms with E-state index >= 15 is 0 Å². The summed E-state index contributed by atoms with van der Waals surface area (Å²) in [5.41, 5.74) is 2.74. The van der Waals surface area contributed by atoms with Crippen LogP contribution in [0.3, 0.4) is 0 Å². The summed E-state index contributed by atoms with van der Waals surface area (Å²) in [5.74, 6) is -0.359. The lowest BCUT2D eigenvalue weighted by Crippen LogP contribution is -2.22. The molecule has 140 valence electrons. The summed E-state index contributed by atoms with van der Waals surface area (Å²) in [7, 11) is 3.33. The lowest BCUT2D eigenvalue weighted by Gasteiger charge is -2.13. The van der Waals surface area contributed by atoms with Crippen molar-refractivity contribution in [1.29, 1.82) is 5.26 Å². The van der Waals surface area contributed by atoms with Crippen LogP contribution in [-0.2, 0) is 11.2 Å². The minimum atomic E-state index is -0.414. The van der Waals surface area contributed by atoms with Gasteiger partial charge in [-0.15, -0.1) is 0 Å². The molecule has 1 aromatic carbocycles. The Bertz CT molecular complexity index is 984. The zero-order valence-electron chi connectivity index (χ0n) is 15.8. The molecule has 0 atom stereocenters. The molecule has 0 fully saturated rings. The van der Waals surface area contributed by atoms with E-state index in [0.717, 1.165) is 5.56 Å². The van der Waals surface area contributed by atoms with E-state index in [4.69, 9.17) is 5.26 Å². The van der Waals surface area contributed by atoms with Gasteiger partial charge >= 0.3 is 0 Å². The molecule has 0 aliphatic heterocycles. The van der Waals surface area contributed by atoms with Crippen molar-refractivity contribution in [2.45, 2.75) is 26.7 Å². The molecule has 0 radical (unpaired) electrons. The highest BCUT2D eigenvalue weighted by molar-refractivity contribution is 5.97. The number of rotatable bonds is 5. The highest BCUT2D eigenvalue weighted by atomic mass is 16.2. The number of nitrogens with zero attached hydrogens (tertiary/aromatic N) is 2. The molecule has 7 nitrogen and oxygen atoms in total. The average Bonchev–Trinajstić information content (AvgIpc) is 2.61. The molecule has 2 amide bonds. The number of pyridine rings is 1. The summed E-state index contributed by atoms with van der Waals surface area (Å²) >= 11 is 0. The Balaban J connectivity index is 2.10. The third kappa shape index (κ3) is 4.61. The second-order valence-electron chi connectivity index (χ2n) is 6.50. The van der Waals surface area contributed by atoms with Crippen molar-refractivity contribution in [3.8, 4) is 6.07 Å². The predicted molar refractivity (Wildman–Crippen MR) is 103 cm³/mol. The van der Waals surface area contributed by atoms with Gasteiger partial charge in [0.2, 0.25) is 5.91 Å². The van der Waals surface area contributed by atoms with Crippen LogP contribution in [0.5, 0.6) is 0 Å². The van der Waals surface area contributed by atoms with Crippen LogP contribution in [0.1, 0.15) is 39.2 Å². The van der Waals surface area contributed by atoms with Crippen LogP contribution in [0, 0.1) is 25.2 Å². The van der Waals surface area contributed by atoms with Gasteiger partial charge in [0.1, 0.15) is 11.6 Å². The number of anilines is 1. The highest BCUT2D eigenvalue weighted by Crippen LogP contribution is 2.16. The van der Waals surface area contributed by atoms with Crippen LogP contribution < -0.4 is 10.9 Å². The summed E-state index contributed by atoms with van der Waals surface area (Å²) in [5, 5.41) is 11.9. The minimum Gasteiger partial charge on any atom is -0.345 e. The number of nitrogens with one attached hydrogen (secondary N) is 2. The fraction of sp³-hybridized carbons (Fsp3) is 0.300. The third-order valence-corrected chi connectivity index (χ3v) is 4.32. The number of nitriles is 1. The Morgan fingerprint density at radius 2 is 1.96 bits per heavy atom. The third-order valence-electron chi connectivity index (χ3n) is 4.32. The monoisotopic (exact) mass is 366 g/mol. The van der Waals surface area contributed by atoms with E-state index < -0.39 is 5.56 Å². The van der Waals surface area contributed by atoms with E-state index in [9.17, 15) is 14.4 Å². The molecular formula is C20H22N4O3. The molecule has 1 aromatic heterocycles. The van der Waals surface area contributed by atoms with Gasteiger partial charge < -0.3 is 15.2 Å². The number of carbonyl (C=O) groups is 2. The highest BCUT2D eigenvalue weighted by Gasteiger charge is 2.14. The minimum absolute atomic E-state index is 0.0749. The van der Waals surface area contributed by atoms with Gasteiger partial charge in [0.15, 0.2) is 0 Å². The number of hydrogen-bond donors (Lipinski definition) is 2. The quantitative estimate of drug-likeness (QED) is 0.845. The molecule has 27 heavy (non-hydrogen) atoms. The van der Waals surface area contributed by atoms with Gasteiger partial charge in [0, 0.05) is 37.5 Å². The maximum atomic E-state index is 12.3. The number of amides is 2. The number of aromatic nitrogens is 1. The summed E-state index contributed by atoms with van der Waals surface area (Å²) < 4.78 is 0. The molecule has 2 aromatic rings. The molecule has 0 aliphatic rings. The Hall–Kier alpha value is -3.40. The number of hydrogen-bond acceptors (Lipinski definition) is 4. The van der Waals surface area contributed by atoms with Gasteiger partial charge in [-0.3, -0.25) is 14.4 Å². The van der Waals surface area contributed by atoms with E-state index in [2.05, 4.69) is 10.3 Å². The van der Waals surface area contributed by atoms with Crippen molar-refractivity contribution in [3.05, 3.63) is 62.6 Å². The number of aryl methyl sites for hydroxylation is 1. The fourth-order valence-electron chi connectivity index (χ4n) is 2.87. The Morgan fingerprint density at radius 3 is 2.59 bits per heavy atom. The lowest BCUT2D eigenvalue weighted by molar-refractivity contribution is -0.116. The molecule has 0 spiro atoms. The molecule has 2 rings (SSSR count). The maximum Gasteiger partial charge on any atom is 0.266 e. The molecule has 0 unspecified atom stereocenters. The summed E-state index contributed by atoms with van der Waals surface area (Å²) in [6.45, 7) is 3.46. The number of benzene rings is 1. The van der Waals surface area contributed by atoms with E-state index in [1.807, 2.05) is 6.07 Å². The largest absolute Gasteiger partial charge is 0.345 e. The van der Waals surface area contributed by atoms with Crippen LogP contribution in [0.15, 0.2) is 29.1 Å². The number of carbonyl (C=O) groups excluding carboxylic acids is 2. The van der Waals surface area contributed by atoms with E-state index in [0.29, 0.717) is 28.9 Å². The first-order chi connectivity index (χ1) is 12.7. The molecular weight excluding hydrogens is 344 g/mol. The lowest BCUT2D eigenvalue weighted by atomic mass is 9.99. The van der Waals surface area contributed by atoms with Crippen LogP contribution in [0.25, 0.3) is 0 Å². The van der Waals surface area contributed by atoms with Crippen LogP contribution in [0.2, 0.25) is 0 Å². The van der Waals surface area contributed by atoms with E-state index in [1.165, 1.54) is 4.90 Å². The van der Waals surface area contributed by atoms with Crippen molar-refractivity contribution in [2.75, 3.05) is 19.4 Å². The van der Waals surface area contributed by atoms with Crippen molar-refractivity contribution < 1.29 is 9.59 Å². The standard InChI is InChI=1S/C20H22N4O3/c1-12-16(13(2)22-19(26)17(12)11-21)8-9-18(25)23-15-7-5-6-14(10-15)20(27)24(3)4/h5-7,10H,8-9H2,1-4H3,(H,22,26)(H,23,25). The molecule has 0 saturated carbocycles. The molecule has 7 heteroatoms. The van der Waals surface area contributed by atoms with Crippen molar-refractivity contribution in [1.82, 2.24) is 9.88 Å². The summed E-state index contributed by atoms with van der Waals surface area (Å²) in [4.78, 5) is 40.2. The van der Waals surface area contributed by atoms with Crippen LogP contribution >= 0.6 is 0 Å². The maximum absolute atomic E-state index is 12.3. The smallest absolute Gasteiger partial charge is 0.266 e. The van der Waals surface area contributed by atoms with Gasteiger partial charge in [-0.05, 0) is 49.6 Å². The van der Waals surface area contributed by atoms with Gasteiger partial charge in [0.25, 0.3) is 11.5 Å². The zero-order valence-corrected chi connectivity index (χ0v) is 15.8. The first kappa shape index (κ1) is 19.9. The van der Waals surface area contributed by atoms with Crippen LogP contribution in [0.4, 0.5) is 5.69 Å². The predicted octanol–water partition coefficient (Wildman–Crippen LogP) is 2.14. The first-order valence-electron chi connectivity index (χ1n) is 8.48. The molecule has 1 heterocycles. The van der Waals surface area contributed by atoms with Gasteiger partial charge in [-0.1, -0.05) is 6.07 Å². The molecule has 2 N–H and O–H groups in total. The van der Waals surface area contributed by atoms with Gasteiger partial charge in [-0.2, -0.15) is 5.26 Å². The van der Waals surface area contributed by atoms with Crippen molar-refractivity contribution >= 4 is 17.5 Å². The topological polar surface area (TPSA) is 106 Å². The van der Waals surface area contributed by atoms with E-state index in [1.54, 1.807) is 52.2 Å². The van der Waals surface area contributed by atoms with Crippen molar-refractivity contribution in [2.24, 2.45) is 0 Å². The second kappa shape index (κ2) is 8.32. The van der Waals surface area contributed by atoms with Crippen molar-refractivity contribution in [3.63, 3.8) is 0 Å². The average molecular weight is 366 g/mol. The van der Waals surface area contributed by atoms with Crippen LogP contribution in [-0.4, -0.2) is 35.8 Å². The Kier molecular flexibility index (Phi) is 6.14. The second-order valence-corrected chi connectivity index (χ2v) is 6.50. The Morgan fingerprint density at radius 1 is 1.26 bits per heavy atom. The fourth-order valence-corrected chi connectivity index (χ4v) is 2.87. The van der Waals surface area contributed by atoms with Gasteiger partial charge in [-0.25, -0.2) is 0 Å².